The Morgan fingerprint density at radius 1 is 0.750 bits per heavy atom. The van der Waals surface area contributed by atoms with E-state index in [9.17, 15) is 0 Å². The van der Waals surface area contributed by atoms with E-state index in [1.165, 1.54) is 16.7 Å². The Morgan fingerprint density at radius 3 is 1.95 bits per heavy atom. The topological polar surface area (TPSA) is 41.5 Å². The van der Waals surface area contributed by atoms with Crippen molar-refractivity contribution in [2.24, 2.45) is 0 Å². The quantitative estimate of drug-likeness (QED) is 0.205. The number of fused-ring (bicyclic) bond motifs is 2. The van der Waals surface area contributed by atoms with Crippen LogP contribution in [0.15, 0.2) is 97.2 Å². The SMILES string of the molecule is [2H]c1c([2H])c([2H])c(-c2cnc(N3CCCc4ccc(Oc5ccc6c(c5)N(c5cc(C(C)(C)C)ccn5)CCC6)cc43)cc2C)c([2H])c1[2H]. The Bertz CT molecular complexity index is 2060. The molecule has 7 rings (SSSR count). The lowest BCUT2D eigenvalue weighted by Crippen LogP contribution is -2.26. The predicted octanol–water partition coefficient (Wildman–Crippen LogP) is 9.71. The summed E-state index contributed by atoms with van der Waals surface area (Å²) in [6, 6.07) is 17.2. The van der Waals surface area contributed by atoms with Gasteiger partial charge in [0.05, 0.1) is 6.85 Å². The number of ether oxygens (including phenoxy) is 1. The summed E-state index contributed by atoms with van der Waals surface area (Å²) in [5.41, 5.74) is 7.39. The maximum Gasteiger partial charge on any atom is 0.133 e. The van der Waals surface area contributed by atoms with Gasteiger partial charge >= 0.3 is 0 Å². The highest BCUT2D eigenvalue weighted by Gasteiger charge is 2.24. The van der Waals surface area contributed by atoms with E-state index in [2.05, 4.69) is 67.0 Å². The van der Waals surface area contributed by atoms with Crippen LogP contribution >= 0.6 is 0 Å². The Balaban J connectivity index is 1.18. The van der Waals surface area contributed by atoms with Gasteiger partial charge in [-0.1, -0.05) is 63.1 Å². The van der Waals surface area contributed by atoms with Crippen LogP contribution in [0, 0.1) is 6.92 Å². The van der Waals surface area contributed by atoms with Gasteiger partial charge in [-0.15, -0.1) is 0 Å². The van der Waals surface area contributed by atoms with Crippen LogP contribution in [-0.2, 0) is 18.3 Å². The minimum absolute atomic E-state index is 0.0300. The summed E-state index contributed by atoms with van der Waals surface area (Å²) in [6.07, 6.45) is 7.51. The molecule has 44 heavy (non-hydrogen) atoms. The van der Waals surface area contributed by atoms with Crippen LogP contribution in [0.2, 0.25) is 0 Å². The third-order valence-corrected chi connectivity index (χ3v) is 8.62. The average molecular weight is 586 g/mol. The number of pyridine rings is 2. The number of hydrogen-bond acceptors (Lipinski definition) is 5. The standard InChI is InChI=1S/C39H40N4O/c1-27-22-37(41-26-34(27)28-10-6-5-7-11-28)42-20-8-12-29-14-16-32(24-35(29)42)44-33-17-15-30-13-9-21-43(36(30)25-33)38-23-31(18-19-40-38)39(2,3)4/h5-7,10-11,14-19,22-26H,8-9,12-13,20-21H2,1-4H3/i5D,6D,7D,10D,11D. The zero-order valence-corrected chi connectivity index (χ0v) is 25.8. The third kappa shape index (κ3) is 5.55. The molecule has 2 aliphatic heterocycles. The lowest BCUT2D eigenvalue weighted by molar-refractivity contribution is 0.481. The predicted molar refractivity (Wildman–Crippen MR) is 181 cm³/mol. The first-order valence-electron chi connectivity index (χ1n) is 17.9. The molecule has 0 spiro atoms. The van der Waals surface area contributed by atoms with Crippen molar-refractivity contribution in [3.63, 3.8) is 0 Å². The maximum absolute atomic E-state index is 8.44. The number of rotatable bonds is 5. The normalized spacial score (nSPS) is 16.2. The monoisotopic (exact) mass is 585 g/mol. The first-order valence-corrected chi connectivity index (χ1v) is 15.4. The molecule has 0 radical (unpaired) electrons. The number of aromatic nitrogens is 2. The molecule has 3 aromatic carbocycles. The number of aryl methyl sites for hydroxylation is 3. The second kappa shape index (κ2) is 11.5. The van der Waals surface area contributed by atoms with Crippen LogP contribution in [0.3, 0.4) is 0 Å². The fourth-order valence-corrected chi connectivity index (χ4v) is 6.22. The second-order valence-corrected chi connectivity index (χ2v) is 12.7. The van der Waals surface area contributed by atoms with E-state index in [1.807, 2.05) is 31.3 Å². The molecule has 0 fully saturated rings. The summed E-state index contributed by atoms with van der Waals surface area (Å²) in [5, 5.41) is 0. The molecule has 222 valence electrons. The molecule has 0 unspecified atom stereocenters. The van der Waals surface area contributed by atoms with Crippen molar-refractivity contribution in [1.82, 2.24) is 9.97 Å². The maximum atomic E-state index is 8.44. The van der Waals surface area contributed by atoms with Crippen molar-refractivity contribution >= 4 is 23.0 Å². The van der Waals surface area contributed by atoms with Crippen molar-refractivity contribution < 1.29 is 11.6 Å². The molecule has 2 aromatic heterocycles. The molecule has 0 N–H and O–H groups in total. The zero-order valence-electron chi connectivity index (χ0n) is 30.8. The molecule has 0 saturated carbocycles. The minimum atomic E-state index is -0.403. The first kappa shape index (κ1) is 22.8. The van der Waals surface area contributed by atoms with Crippen molar-refractivity contribution in [2.45, 2.75) is 58.8 Å². The third-order valence-electron chi connectivity index (χ3n) is 8.62. The van der Waals surface area contributed by atoms with E-state index < -0.39 is 6.04 Å². The summed E-state index contributed by atoms with van der Waals surface area (Å²) < 4.78 is 47.6. The van der Waals surface area contributed by atoms with Gasteiger partial charge in [0.15, 0.2) is 0 Å². The highest BCUT2D eigenvalue weighted by atomic mass is 16.5. The zero-order chi connectivity index (χ0) is 34.6. The van der Waals surface area contributed by atoms with Gasteiger partial charge in [-0.2, -0.15) is 0 Å². The smallest absolute Gasteiger partial charge is 0.133 e. The lowest BCUT2D eigenvalue weighted by Gasteiger charge is -2.32. The molecule has 5 aromatic rings. The van der Waals surface area contributed by atoms with Gasteiger partial charge < -0.3 is 14.5 Å². The average Bonchev–Trinajstić information content (AvgIpc) is 3.09. The fraction of sp³-hybridized carbons (Fsp3) is 0.282. The molecule has 5 nitrogen and oxygen atoms in total. The first-order chi connectivity index (χ1) is 23.4. The van der Waals surface area contributed by atoms with Crippen LogP contribution in [0.25, 0.3) is 11.1 Å². The Hall–Kier alpha value is -4.64. The second-order valence-electron chi connectivity index (χ2n) is 12.7. The molecule has 4 heterocycles. The molecule has 2 aliphatic rings. The summed E-state index contributed by atoms with van der Waals surface area (Å²) in [5.74, 6) is 3.18. The van der Waals surface area contributed by atoms with Crippen LogP contribution < -0.4 is 14.5 Å². The van der Waals surface area contributed by atoms with Crippen LogP contribution in [0.5, 0.6) is 11.5 Å². The van der Waals surface area contributed by atoms with E-state index in [0.29, 0.717) is 5.56 Å². The van der Waals surface area contributed by atoms with Gasteiger partial charge in [0, 0.05) is 54.6 Å². The van der Waals surface area contributed by atoms with E-state index in [4.69, 9.17) is 21.6 Å². The molecule has 5 heteroatoms. The van der Waals surface area contributed by atoms with Gasteiger partial charge in [-0.25, -0.2) is 9.97 Å². The van der Waals surface area contributed by atoms with E-state index in [0.717, 1.165) is 78.8 Å². The van der Waals surface area contributed by atoms with E-state index in [1.54, 1.807) is 6.20 Å². The number of nitrogens with zero attached hydrogens (tertiary/aromatic N) is 4. The molecular formula is C39H40N4O. The van der Waals surface area contributed by atoms with Crippen molar-refractivity contribution in [1.29, 1.82) is 0 Å². The highest BCUT2D eigenvalue weighted by molar-refractivity contribution is 5.73. The Labute approximate surface area is 268 Å². The van der Waals surface area contributed by atoms with E-state index >= 15 is 0 Å². The van der Waals surface area contributed by atoms with Crippen molar-refractivity contribution in [3.8, 4) is 22.6 Å². The summed E-state index contributed by atoms with van der Waals surface area (Å²) in [6.45, 7) is 10.2. The minimum Gasteiger partial charge on any atom is -0.457 e. The molecule has 0 aliphatic carbocycles. The van der Waals surface area contributed by atoms with Gasteiger partial charge in [0.1, 0.15) is 23.1 Å². The summed E-state index contributed by atoms with van der Waals surface area (Å²) in [4.78, 5) is 14.0. The van der Waals surface area contributed by atoms with E-state index in [-0.39, 0.29) is 35.1 Å². The number of anilines is 4. The summed E-state index contributed by atoms with van der Waals surface area (Å²) >= 11 is 0. The number of hydrogen-bond donors (Lipinski definition) is 0. The van der Waals surface area contributed by atoms with Crippen LogP contribution in [0.4, 0.5) is 23.0 Å². The largest absolute Gasteiger partial charge is 0.457 e. The Kier molecular flexibility index (Phi) is 5.95. The van der Waals surface area contributed by atoms with Crippen LogP contribution in [-0.4, -0.2) is 23.1 Å². The van der Waals surface area contributed by atoms with Crippen molar-refractivity contribution in [2.75, 3.05) is 22.9 Å². The molecule has 0 saturated heterocycles. The van der Waals surface area contributed by atoms with Gasteiger partial charge in [-0.3, -0.25) is 0 Å². The molecule has 0 amide bonds. The van der Waals surface area contributed by atoms with Gasteiger partial charge in [0.25, 0.3) is 0 Å². The highest BCUT2D eigenvalue weighted by Crippen LogP contribution is 2.40. The molecule has 0 atom stereocenters. The number of benzene rings is 3. The Morgan fingerprint density at radius 2 is 1.36 bits per heavy atom. The molecular weight excluding hydrogens is 540 g/mol. The lowest BCUT2D eigenvalue weighted by atomic mass is 9.87. The van der Waals surface area contributed by atoms with Crippen LogP contribution in [0.1, 0.15) is 62.7 Å². The summed E-state index contributed by atoms with van der Waals surface area (Å²) in [7, 11) is 0. The van der Waals surface area contributed by atoms with Crippen molar-refractivity contribution in [3.05, 3.63) is 119 Å². The fourth-order valence-electron chi connectivity index (χ4n) is 6.22. The van der Waals surface area contributed by atoms with Gasteiger partial charge in [0.2, 0.25) is 0 Å². The van der Waals surface area contributed by atoms with Gasteiger partial charge in [-0.05, 0) is 96.2 Å². The molecule has 0 bridgehead atoms.